The Balaban J connectivity index is 2.07. The summed E-state index contributed by atoms with van der Waals surface area (Å²) in [5.41, 5.74) is 0. The minimum Gasteiger partial charge on any atom is -0.356 e. The van der Waals surface area contributed by atoms with E-state index in [0.717, 1.165) is 13.0 Å². The maximum atomic E-state index is 11.6. The summed E-state index contributed by atoms with van der Waals surface area (Å²) in [4.78, 5) is 13.7. The molecule has 0 radical (unpaired) electrons. The molecule has 0 aromatic heterocycles. The number of carbonyl (C=O) groups excluding carboxylic acids is 1. The highest BCUT2D eigenvalue weighted by atomic mass is 16.7. The highest BCUT2D eigenvalue weighted by molar-refractivity contribution is 5.78. The second-order valence-electron chi connectivity index (χ2n) is 4.00. The third-order valence-corrected chi connectivity index (χ3v) is 2.26. The van der Waals surface area contributed by atoms with Gasteiger partial charge in [0.15, 0.2) is 0 Å². The van der Waals surface area contributed by atoms with Gasteiger partial charge in [-0.2, -0.15) is 0 Å². The fourth-order valence-electron chi connectivity index (χ4n) is 1.39. The van der Waals surface area contributed by atoms with Crippen molar-refractivity contribution in [2.45, 2.75) is 6.42 Å². The first-order valence-corrected chi connectivity index (χ1v) is 5.28. The number of amides is 1. The van der Waals surface area contributed by atoms with Crippen LogP contribution < -0.4 is 5.32 Å². The van der Waals surface area contributed by atoms with E-state index in [9.17, 15) is 4.79 Å². The van der Waals surface area contributed by atoms with Gasteiger partial charge in [-0.05, 0) is 27.1 Å². The maximum absolute atomic E-state index is 11.6. The Bertz CT molecular complexity index is 191. The fourth-order valence-corrected chi connectivity index (χ4v) is 1.39. The summed E-state index contributed by atoms with van der Waals surface area (Å²) in [6.45, 7) is 2.95. The molecule has 0 aromatic rings. The zero-order valence-corrected chi connectivity index (χ0v) is 9.49. The van der Waals surface area contributed by atoms with E-state index < -0.39 is 0 Å². The van der Waals surface area contributed by atoms with Gasteiger partial charge in [-0.15, -0.1) is 0 Å². The van der Waals surface area contributed by atoms with Gasteiger partial charge in [0.2, 0.25) is 5.91 Å². The fraction of sp³-hybridized carbons (Fsp3) is 0.900. The smallest absolute Gasteiger partial charge is 0.227 e. The summed E-state index contributed by atoms with van der Waals surface area (Å²) in [5.74, 6) is -0.105. The summed E-state index contributed by atoms with van der Waals surface area (Å²) in [6, 6.07) is 0. The Kier molecular flexibility index (Phi) is 5.60. The van der Waals surface area contributed by atoms with Gasteiger partial charge in [0.25, 0.3) is 0 Å². The van der Waals surface area contributed by atoms with E-state index in [1.807, 2.05) is 14.1 Å². The largest absolute Gasteiger partial charge is 0.356 e. The molecule has 1 amide bonds. The van der Waals surface area contributed by atoms with E-state index in [1.54, 1.807) is 0 Å². The first-order valence-electron chi connectivity index (χ1n) is 5.28. The topological polar surface area (TPSA) is 50.8 Å². The summed E-state index contributed by atoms with van der Waals surface area (Å²) in [6.07, 6.45) is 0.965. The van der Waals surface area contributed by atoms with Crippen molar-refractivity contribution >= 4 is 5.91 Å². The lowest BCUT2D eigenvalue weighted by Crippen LogP contribution is -2.39. The molecule has 0 spiro atoms. The molecule has 5 heteroatoms. The lowest BCUT2D eigenvalue weighted by Gasteiger charge is -2.21. The van der Waals surface area contributed by atoms with Crippen molar-refractivity contribution in [3.8, 4) is 0 Å². The van der Waals surface area contributed by atoms with Gasteiger partial charge in [-0.3, -0.25) is 4.79 Å². The molecule has 0 unspecified atom stereocenters. The minimum absolute atomic E-state index is 0.0356. The van der Waals surface area contributed by atoms with Crippen molar-refractivity contribution in [3.05, 3.63) is 0 Å². The number of hydrogen-bond acceptors (Lipinski definition) is 4. The van der Waals surface area contributed by atoms with Gasteiger partial charge in [0, 0.05) is 6.54 Å². The zero-order valence-electron chi connectivity index (χ0n) is 9.49. The van der Waals surface area contributed by atoms with Gasteiger partial charge in [0.1, 0.15) is 6.79 Å². The van der Waals surface area contributed by atoms with Crippen LogP contribution in [0.3, 0.4) is 0 Å². The summed E-state index contributed by atoms with van der Waals surface area (Å²) >= 11 is 0. The van der Waals surface area contributed by atoms with Gasteiger partial charge in [-0.1, -0.05) is 0 Å². The van der Waals surface area contributed by atoms with Crippen LogP contribution in [0.2, 0.25) is 0 Å². The van der Waals surface area contributed by atoms with Crippen LogP contribution in [-0.2, 0) is 14.3 Å². The van der Waals surface area contributed by atoms with Crippen LogP contribution >= 0.6 is 0 Å². The summed E-state index contributed by atoms with van der Waals surface area (Å²) in [5, 5.41) is 2.88. The average molecular weight is 216 g/mol. The van der Waals surface area contributed by atoms with Crippen molar-refractivity contribution in [3.63, 3.8) is 0 Å². The van der Waals surface area contributed by atoms with Crippen molar-refractivity contribution in [2.24, 2.45) is 5.92 Å². The highest BCUT2D eigenvalue weighted by Crippen LogP contribution is 2.04. The van der Waals surface area contributed by atoms with Crippen LogP contribution in [-0.4, -0.2) is 58.0 Å². The molecule has 5 nitrogen and oxygen atoms in total. The van der Waals surface area contributed by atoms with Crippen molar-refractivity contribution in [1.29, 1.82) is 0 Å². The molecular formula is C10H20N2O3. The number of rotatable bonds is 5. The van der Waals surface area contributed by atoms with Crippen LogP contribution in [0.15, 0.2) is 0 Å². The van der Waals surface area contributed by atoms with Crippen molar-refractivity contribution in [1.82, 2.24) is 10.2 Å². The lowest BCUT2D eigenvalue weighted by molar-refractivity contribution is -0.151. The molecule has 1 heterocycles. The molecule has 1 saturated heterocycles. The molecule has 1 rings (SSSR count). The quantitative estimate of drug-likeness (QED) is 0.640. The minimum atomic E-state index is -0.141. The second-order valence-corrected chi connectivity index (χ2v) is 4.00. The van der Waals surface area contributed by atoms with E-state index in [4.69, 9.17) is 9.47 Å². The predicted molar refractivity (Wildman–Crippen MR) is 56.4 cm³/mol. The van der Waals surface area contributed by atoms with Crippen LogP contribution in [0.1, 0.15) is 6.42 Å². The van der Waals surface area contributed by atoms with Crippen LogP contribution in [0, 0.1) is 5.92 Å². The molecule has 88 valence electrons. The lowest BCUT2D eigenvalue weighted by atomic mass is 10.1. The van der Waals surface area contributed by atoms with E-state index in [1.165, 1.54) is 0 Å². The SMILES string of the molecule is CN(C)CCCNC(=O)C1COCOC1. The van der Waals surface area contributed by atoms with Crippen LogP contribution in [0.4, 0.5) is 0 Å². The number of nitrogens with zero attached hydrogens (tertiary/aromatic N) is 1. The maximum Gasteiger partial charge on any atom is 0.227 e. The molecule has 0 bridgehead atoms. The molecule has 1 fully saturated rings. The number of carbonyl (C=O) groups is 1. The third kappa shape index (κ3) is 5.11. The molecular weight excluding hydrogens is 196 g/mol. The molecule has 1 N–H and O–H groups in total. The monoisotopic (exact) mass is 216 g/mol. The third-order valence-electron chi connectivity index (χ3n) is 2.26. The number of nitrogens with one attached hydrogen (secondary N) is 1. The molecule has 1 aliphatic heterocycles. The normalized spacial score (nSPS) is 18.1. The number of hydrogen-bond donors (Lipinski definition) is 1. The van der Waals surface area contributed by atoms with Crippen molar-refractivity contribution < 1.29 is 14.3 Å². The predicted octanol–water partition coefficient (Wildman–Crippen LogP) is -0.325. The Morgan fingerprint density at radius 1 is 1.40 bits per heavy atom. The molecule has 0 aliphatic carbocycles. The van der Waals surface area contributed by atoms with Crippen molar-refractivity contribution in [2.75, 3.05) is 47.2 Å². The Labute approximate surface area is 90.7 Å². The molecule has 0 atom stereocenters. The van der Waals surface area contributed by atoms with Gasteiger partial charge < -0.3 is 19.7 Å². The van der Waals surface area contributed by atoms with E-state index in [2.05, 4.69) is 10.2 Å². The molecule has 1 aliphatic rings. The van der Waals surface area contributed by atoms with E-state index in [-0.39, 0.29) is 11.8 Å². The standard InChI is InChI=1S/C10H20N2O3/c1-12(2)5-3-4-11-10(13)9-6-14-8-15-7-9/h9H,3-8H2,1-2H3,(H,11,13). The van der Waals surface area contributed by atoms with E-state index >= 15 is 0 Å². The first kappa shape index (κ1) is 12.4. The number of ether oxygens (including phenoxy) is 2. The summed E-state index contributed by atoms with van der Waals surface area (Å²) in [7, 11) is 4.04. The van der Waals surface area contributed by atoms with Crippen LogP contribution in [0.5, 0.6) is 0 Å². The first-order chi connectivity index (χ1) is 7.20. The van der Waals surface area contributed by atoms with E-state index in [0.29, 0.717) is 26.6 Å². The molecule has 15 heavy (non-hydrogen) atoms. The molecule has 0 saturated carbocycles. The summed E-state index contributed by atoms with van der Waals surface area (Å²) < 4.78 is 10.1. The van der Waals surface area contributed by atoms with Gasteiger partial charge in [-0.25, -0.2) is 0 Å². The zero-order chi connectivity index (χ0) is 11.1. The van der Waals surface area contributed by atoms with Gasteiger partial charge in [0.05, 0.1) is 19.1 Å². The van der Waals surface area contributed by atoms with Crippen LogP contribution in [0.25, 0.3) is 0 Å². The molecule has 0 aromatic carbocycles. The Morgan fingerprint density at radius 2 is 2.07 bits per heavy atom. The highest BCUT2D eigenvalue weighted by Gasteiger charge is 2.21. The second kappa shape index (κ2) is 6.76. The van der Waals surface area contributed by atoms with Gasteiger partial charge >= 0.3 is 0 Å². The Morgan fingerprint density at radius 3 is 2.67 bits per heavy atom. The average Bonchev–Trinajstić information content (AvgIpc) is 2.25. The Hall–Kier alpha value is -0.650.